The number of para-hydroxylation sites is 1. The Bertz CT molecular complexity index is 750. The number of hydrazone groups is 1. The Kier molecular flexibility index (Phi) is 4.34. The van der Waals surface area contributed by atoms with Crippen LogP contribution in [0.4, 0.5) is 5.69 Å². The maximum Gasteiger partial charge on any atom is 0.268 e. The smallest absolute Gasteiger partial charge is 0.268 e. The average molecular weight is 304 g/mol. The van der Waals surface area contributed by atoms with E-state index in [-0.39, 0.29) is 18.5 Å². The predicted octanol–water partition coefficient (Wildman–Crippen LogP) is 2.63. The van der Waals surface area contributed by atoms with Gasteiger partial charge >= 0.3 is 0 Å². The normalized spacial score (nSPS) is 16.6. The Morgan fingerprint density at radius 3 is 2.48 bits per heavy atom. The molecule has 1 N–H and O–H groups in total. The fourth-order valence-corrected chi connectivity index (χ4v) is 2.62. The number of rotatable bonds is 4. The highest BCUT2D eigenvalue weighted by Gasteiger charge is 2.32. The molecule has 1 aliphatic rings. The van der Waals surface area contributed by atoms with Gasteiger partial charge in [0.2, 0.25) is 0 Å². The summed E-state index contributed by atoms with van der Waals surface area (Å²) in [6.07, 6.45) is 0.510. The number of nitrogens with zero attached hydrogens (tertiary/aromatic N) is 3. The molecule has 0 radical (unpaired) electrons. The zero-order valence-electron chi connectivity index (χ0n) is 12.5. The van der Waals surface area contributed by atoms with Crippen LogP contribution < -0.4 is 10.3 Å². The zero-order valence-corrected chi connectivity index (χ0v) is 12.5. The van der Waals surface area contributed by atoms with Crippen molar-refractivity contribution in [2.24, 2.45) is 5.10 Å². The first-order chi connectivity index (χ1) is 11.3. The lowest BCUT2D eigenvalue weighted by molar-refractivity contribution is -0.114. The fourth-order valence-electron chi connectivity index (χ4n) is 2.62. The van der Waals surface area contributed by atoms with Crippen LogP contribution in [-0.2, 0) is 4.79 Å². The van der Waals surface area contributed by atoms with Crippen LogP contribution in [0.25, 0.3) is 0 Å². The predicted molar refractivity (Wildman–Crippen MR) is 88.8 cm³/mol. The average Bonchev–Trinajstić information content (AvgIpc) is 3.06. The number of carbonyl (C=O) groups is 1. The fraction of sp³-hybridized carbons (Fsp3) is 0.167. The summed E-state index contributed by atoms with van der Waals surface area (Å²) < 4.78 is 0. The van der Waals surface area contributed by atoms with Crippen molar-refractivity contribution in [2.45, 2.75) is 12.5 Å². The molecule has 5 nitrogen and oxygen atoms in total. The first-order valence-corrected chi connectivity index (χ1v) is 7.41. The van der Waals surface area contributed by atoms with Gasteiger partial charge in [0.25, 0.3) is 5.91 Å². The molecular formula is C18H16N4O. The summed E-state index contributed by atoms with van der Waals surface area (Å²) in [7, 11) is 0. The van der Waals surface area contributed by atoms with E-state index in [0.717, 1.165) is 11.3 Å². The first kappa shape index (κ1) is 14.8. The Labute approximate surface area is 134 Å². The maximum atomic E-state index is 12.1. The summed E-state index contributed by atoms with van der Waals surface area (Å²) in [5, 5.41) is 17.5. The molecule has 0 spiro atoms. The number of hydrogen-bond acceptors (Lipinski definition) is 4. The number of amides is 1. The molecule has 2 aromatic carbocycles. The second-order valence-electron chi connectivity index (χ2n) is 5.20. The van der Waals surface area contributed by atoms with Crippen molar-refractivity contribution in [2.75, 3.05) is 11.6 Å². The van der Waals surface area contributed by atoms with Gasteiger partial charge in [0.15, 0.2) is 0 Å². The summed E-state index contributed by atoms with van der Waals surface area (Å²) in [5.74, 6) is -0.286. The van der Waals surface area contributed by atoms with E-state index < -0.39 is 0 Å². The molecule has 0 saturated carbocycles. The molecule has 0 saturated heterocycles. The molecule has 0 unspecified atom stereocenters. The van der Waals surface area contributed by atoms with Crippen molar-refractivity contribution < 1.29 is 4.79 Å². The third-order valence-electron chi connectivity index (χ3n) is 3.71. The van der Waals surface area contributed by atoms with E-state index >= 15 is 0 Å². The monoisotopic (exact) mass is 304 g/mol. The summed E-state index contributed by atoms with van der Waals surface area (Å²) in [5.41, 5.74) is 2.48. The number of benzene rings is 2. The van der Waals surface area contributed by atoms with Gasteiger partial charge in [-0.05, 0) is 17.7 Å². The minimum absolute atomic E-state index is 0.0147. The summed E-state index contributed by atoms with van der Waals surface area (Å²) in [4.78, 5) is 12.1. The van der Waals surface area contributed by atoms with Crippen LogP contribution in [0.5, 0.6) is 0 Å². The van der Waals surface area contributed by atoms with Gasteiger partial charge in [-0.25, -0.2) is 0 Å². The topological polar surface area (TPSA) is 68.5 Å². The van der Waals surface area contributed by atoms with Crippen LogP contribution in [0.2, 0.25) is 0 Å². The molecule has 5 heteroatoms. The molecule has 0 fully saturated rings. The molecule has 0 aromatic heterocycles. The van der Waals surface area contributed by atoms with Gasteiger partial charge in [0.05, 0.1) is 17.8 Å². The summed E-state index contributed by atoms with van der Waals surface area (Å²) in [6, 6.07) is 21.6. The molecular weight excluding hydrogens is 288 g/mol. The molecule has 0 aliphatic carbocycles. The minimum Gasteiger partial charge on any atom is -0.338 e. The van der Waals surface area contributed by atoms with E-state index in [9.17, 15) is 4.79 Å². The van der Waals surface area contributed by atoms with Crippen molar-refractivity contribution >= 4 is 17.3 Å². The highest BCUT2D eigenvalue weighted by molar-refractivity contribution is 6.39. The molecule has 23 heavy (non-hydrogen) atoms. The second kappa shape index (κ2) is 6.75. The van der Waals surface area contributed by atoms with Crippen LogP contribution in [-0.4, -0.2) is 18.2 Å². The van der Waals surface area contributed by atoms with Crippen LogP contribution in [0.1, 0.15) is 18.0 Å². The molecule has 1 amide bonds. The minimum atomic E-state index is -0.286. The van der Waals surface area contributed by atoms with Crippen LogP contribution >= 0.6 is 0 Å². The van der Waals surface area contributed by atoms with E-state index in [0.29, 0.717) is 12.1 Å². The summed E-state index contributed by atoms with van der Waals surface area (Å²) >= 11 is 0. The van der Waals surface area contributed by atoms with E-state index in [1.54, 1.807) is 0 Å². The SMILES string of the molecule is N#CCNC(=O)C1=NN(c2ccccc2)[C@H](c2ccccc2)C1. The number of carbonyl (C=O) groups excluding carboxylic acids is 1. The first-order valence-electron chi connectivity index (χ1n) is 7.41. The standard InChI is InChI=1S/C18H16N4O/c19-11-12-20-18(23)16-13-17(14-7-3-1-4-8-14)22(21-16)15-9-5-2-6-10-15/h1-10,17H,12-13H2,(H,20,23)/t17-/m0/s1. The second-order valence-corrected chi connectivity index (χ2v) is 5.20. The van der Waals surface area contributed by atoms with Crippen LogP contribution in [0.15, 0.2) is 65.8 Å². The summed E-state index contributed by atoms with van der Waals surface area (Å²) in [6.45, 7) is -0.0147. The molecule has 3 rings (SSSR count). The van der Waals surface area contributed by atoms with Gasteiger partial charge < -0.3 is 5.32 Å². The Morgan fingerprint density at radius 1 is 1.17 bits per heavy atom. The Balaban J connectivity index is 1.91. The van der Waals surface area contributed by atoms with E-state index in [2.05, 4.69) is 10.4 Å². The van der Waals surface area contributed by atoms with E-state index in [4.69, 9.17) is 5.26 Å². The number of nitriles is 1. The Hall–Kier alpha value is -3.13. The van der Waals surface area contributed by atoms with Gasteiger partial charge in [0, 0.05) is 6.42 Å². The molecule has 1 heterocycles. The lowest BCUT2D eigenvalue weighted by Gasteiger charge is -2.23. The highest BCUT2D eigenvalue weighted by atomic mass is 16.2. The molecule has 2 aromatic rings. The van der Waals surface area contributed by atoms with Crippen molar-refractivity contribution in [1.82, 2.24) is 5.32 Å². The van der Waals surface area contributed by atoms with Gasteiger partial charge in [0.1, 0.15) is 12.3 Å². The van der Waals surface area contributed by atoms with Gasteiger partial charge in [-0.2, -0.15) is 10.4 Å². The lowest BCUT2D eigenvalue weighted by Crippen LogP contribution is -2.30. The molecule has 114 valence electrons. The lowest BCUT2D eigenvalue weighted by atomic mass is 10.0. The zero-order chi connectivity index (χ0) is 16.1. The van der Waals surface area contributed by atoms with Crippen LogP contribution in [0.3, 0.4) is 0 Å². The van der Waals surface area contributed by atoms with Crippen molar-refractivity contribution in [1.29, 1.82) is 5.26 Å². The van der Waals surface area contributed by atoms with Crippen molar-refractivity contribution in [3.8, 4) is 6.07 Å². The molecule has 1 aliphatic heterocycles. The van der Waals surface area contributed by atoms with Gasteiger partial charge in [-0.15, -0.1) is 0 Å². The number of hydrogen-bond donors (Lipinski definition) is 1. The van der Waals surface area contributed by atoms with E-state index in [1.165, 1.54) is 0 Å². The van der Waals surface area contributed by atoms with Crippen LogP contribution in [0, 0.1) is 11.3 Å². The van der Waals surface area contributed by atoms with Crippen molar-refractivity contribution in [3.05, 3.63) is 66.2 Å². The highest BCUT2D eigenvalue weighted by Crippen LogP contribution is 2.34. The van der Waals surface area contributed by atoms with Crippen molar-refractivity contribution in [3.63, 3.8) is 0 Å². The molecule has 0 bridgehead atoms. The number of nitrogens with one attached hydrogen (secondary N) is 1. The largest absolute Gasteiger partial charge is 0.338 e. The Morgan fingerprint density at radius 2 is 1.83 bits per heavy atom. The number of anilines is 1. The third kappa shape index (κ3) is 3.22. The van der Waals surface area contributed by atoms with Gasteiger partial charge in [-0.3, -0.25) is 9.80 Å². The van der Waals surface area contributed by atoms with E-state index in [1.807, 2.05) is 71.7 Å². The quantitative estimate of drug-likeness (QED) is 0.883. The maximum absolute atomic E-state index is 12.1. The third-order valence-corrected chi connectivity index (χ3v) is 3.71. The molecule has 1 atom stereocenters. The van der Waals surface area contributed by atoms with Gasteiger partial charge in [-0.1, -0.05) is 48.5 Å².